The quantitative estimate of drug-likeness (QED) is 0.530. The van der Waals surface area contributed by atoms with Gasteiger partial charge in [0, 0.05) is 11.4 Å². The normalized spacial score (nSPS) is 10.4. The van der Waals surface area contributed by atoms with Crippen LogP contribution < -0.4 is 32.4 Å². The highest BCUT2D eigenvalue weighted by molar-refractivity contribution is 5.62. The first-order valence-electron chi connectivity index (χ1n) is 7.42. The second-order valence-corrected chi connectivity index (χ2v) is 5.39. The predicted molar refractivity (Wildman–Crippen MR) is 97.5 cm³/mol. The van der Waals surface area contributed by atoms with Crippen molar-refractivity contribution in [3.8, 4) is 23.3 Å². The Balaban J connectivity index is 1.87. The van der Waals surface area contributed by atoms with Gasteiger partial charge in [0.2, 0.25) is 11.8 Å². The first-order chi connectivity index (χ1) is 11.9. The van der Waals surface area contributed by atoms with Gasteiger partial charge in [-0.2, -0.15) is 9.97 Å². The molecule has 8 N–H and O–H groups in total. The maximum absolute atomic E-state index is 5.89. The van der Waals surface area contributed by atoms with Crippen LogP contribution in [-0.4, -0.2) is 9.97 Å². The van der Waals surface area contributed by atoms with E-state index in [1.165, 1.54) is 0 Å². The predicted octanol–water partition coefficient (Wildman–Crippen LogP) is 2.70. The third-order valence-corrected chi connectivity index (χ3v) is 3.29. The fraction of sp³-hybridized carbons (Fsp3) is 0.0588. The number of anilines is 4. The summed E-state index contributed by atoms with van der Waals surface area (Å²) in [6.45, 7) is 1.72. The highest BCUT2D eigenvalue weighted by Crippen LogP contribution is 2.32. The van der Waals surface area contributed by atoms with Gasteiger partial charge < -0.3 is 32.4 Å². The molecule has 0 saturated heterocycles. The van der Waals surface area contributed by atoms with E-state index >= 15 is 0 Å². The summed E-state index contributed by atoms with van der Waals surface area (Å²) in [5.74, 6) is 1.91. The van der Waals surface area contributed by atoms with E-state index in [-0.39, 0.29) is 11.8 Å². The van der Waals surface area contributed by atoms with Gasteiger partial charge in [0.05, 0.1) is 17.4 Å². The number of ether oxygens (including phenoxy) is 2. The van der Waals surface area contributed by atoms with Crippen LogP contribution >= 0.6 is 0 Å². The largest absolute Gasteiger partial charge is 0.437 e. The fourth-order valence-corrected chi connectivity index (χ4v) is 2.16. The minimum absolute atomic E-state index is 0.285. The number of nitrogen functional groups attached to an aromatic ring is 4. The van der Waals surface area contributed by atoms with Gasteiger partial charge in [0.1, 0.15) is 5.82 Å². The van der Waals surface area contributed by atoms with Gasteiger partial charge >= 0.3 is 0 Å². The zero-order valence-electron chi connectivity index (χ0n) is 13.6. The van der Waals surface area contributed by atoms with Crippen LogP contribution in [0.25, 0.3) is 0 Å². The molecule has 0 radical (unpaired) electrons. The minimum Gasteiger partial charge on any atom is -0.437 e. The second-order valence-electron chi connectivity index (χ2n) is 5.39. The van der Waals surface area contributed by atoms with Gasteiger partial charge in [-0.1, -0.05) is 0 Å². The van der Waals surface area contributed by atoms with Gasteiger partial charge in [-0.3, -0.25) is 0 Å². The molecule has 0 unspecified atom stereocenters. The van der Waals surface area contributed by atoms with Crippen LogP contribution in [0.1, 0.15) is 5.82 Å². The number of rotatable bonds is 4. The van der Waals surface area contributed by atoms with E-state index in [0.29, 0.717) is 40.1 Å². The summed E-state index contributed by atoms with van der Waals surface area (Å²) in [4.78, 5) is 8.44. The lowest BCUT2D eigenvalue weighted by Crippen LogP contribution is -2.00. The van der Waals surface area contributed by atoms with E-state index < -0.39 is 0 Å². The molecule has 2 aromatic carbocycles. The third-order valence-electron chi connectivity index (χ3n) is 3.29. The molecule has 0 aliphatic heterocycles. The van der Waals surface area contributed by atoms with Crippen molar-refractivity contribution in [3.05, 3.63) is 48.3 Å². The fourth-order valence-electron chi connectivity index (χ4n) is 2.16. The Morgan fingerprint density at radius 2 is 1.12 bits per heavy atom. The standard InChI is InChI=1S/C17H18N6O2/c1-9-22-16(24-14-4-2-10(18)6-12(14)20)8-17(23-9)25-15-5-3-11(19)7-13(15)21/h2-8H,18-21H2,1H3. The molecule has 0 bridgehead atoms. The Morgan fingerprint density at radius 3 is 1.52 bits per heavy atom. The van der Waals surface area contributed by atoms with Crippen molar-refractivity contribution in [2.24, 2.45) is 0 Å². The number of hydrogen-bond acceptors (Lipinski definition) is 8. The number of nitrogens with zero attached hydrogens (tertiary/aromatic N) is 2. The first-order valence-corrected chi connectivity index (χ1v) is 7.42. The van der Waals surface area contributed by atoms with E-state index in [0.717, 1.165) is 0 Å². The van der Waals surface area contributed by atoms with Crippen LogP contribution in [0.3, 0.4) is 0 Å². The van der Waals surface area contributed by atoms with Crippen LogP contribution in [0, 0.1) is 6.92 Å². The van der Waals surface area contributed by atoms with Crippen LogP contribution in [0.5, 0.6) is 23.3 Å². The molecule has 0 amide bonds. The monoisotopic (exact) mass is 338 g/mol. The average molecular weight is 338 g/mol. The Bertz CT molecular complexity index is 857. The Hall–Kier alpha value is -3.68. The molecular formula is C17H18N6O2. The van der Waals surface area contributed by atoms with Crippen molar-refractivity contribution in [2.75, 3.05) is 22.9 Å². The molecular weight excluding hydrogens is 320 g/mol. The third kappa shape index (κ3) is 3.81. The lowest BCUT2D eigenvalue weighted by molar-refractivity contribution is 0.433. The summed E-state index contributed by atoms with van der Waals surface area (Å²) in [5.41, 5.74) is 25.0. The topological polar surface area (TPSA) is 148 Å². The summed E-state index contributed by atoms with van der Waals surface area (Å²) in [6, 6.07) is 11.5. The van der Waals surface area contributed by atoms with E-state index in [9.17, 15) is 0 Å². The van der Waals surface area contributed by atoms with E-state index in [4.69, 9.17) is 32.4 Å². The lowest BCUT2D eigenvalue weighted by Gasteiger charge is -2.11. The molecule has 0 spiro atoms. The Kier molecular flexibility index (Phi) is 4.17. The highest BCUT2D eigenvalue weighted by Gasteiger charge is 2.10. The summed E-state index contributed by atoms with van der Waals surface area (Å²) < 4.78 is 11.4. The number of hydrogen-bond donors (Lipinski definition) is 4. The maximum atomic E-state index is 5.89. The number of aromatic nitrogens is 2. The molecule has 8 nitrogen and oxygen atoms in total. The van der Waals surface area contributed by atoms with Crippen LogP contribution in [-0.2, 0) is 0 Å². The summed E-state index contributed by atoms with van der Waals surface area (Å²) in [5, 5.41) is 0. The zero-order chi connectivity index (χ0) is 18.0. The molecule has 0 aliphatic carbocycles. The molecule has 3 aromatic rings. The molecule has 0 aliphatic rings. The average Bonchev–Trinajstić information content (AvgIpc) is 2.52. The van der Waals surface area contributed by atoms with E-state index in [2.05, 4.69) is 9.97 Å². The number of nitrogens with two attached hydrogens (primary N) is 4. The molecule has 0 saturated carbocycles. The molecule has 0 fully saturated rings. The molecule has 1 heterocycles. The van der Waals surface area contributed by atoms with E-state index in [1.807, 2.05) is 0 Å². The number of aryl methyl sites for hydroxylation is 1. The first kappa shape index (κ1) is 16.2. The highest BCUT2D eigenvalue weighted by atomic mass is 16.5. The molecule has 128 valence electrons. The van der Waals surface area contributed by atoms with Gasteiger partial charge in [0.15, 0.2) is 11.5 Å². The maximum Gasteiger partial charge on any atom is 0.226 e. The molecule has 3 rings (SSSR count). The lowest BCUT2D eigenvalue weighted by atomic mass is 10.2. The van der Waals surface area contributed by atoms with Crippen molar-refractivity contribution in [1.29, 1.82) is 0 Å². The summed E-state index contributed by atoms with van der Waals surface area (Å²) >= 11 is 0. The SMILES string of the molecule is Cc1nc(Oc2ccc(N)cc2N)cc(Oc2ccc(N)cc2N)n1. The van der Waals surface area contributed by atoms with E-state index in [1.54, 1.807) is 49.4 Å². The van der Waals surface area contributed by atoms with Crippen LogP contribution in [0.15, 0.2) is 42.5 Å². The molecule has 1 aromatic heterocycles. The van der Waals surface area contributed by atoms with Crippen molar-refractivity contribution in [3.63, 3.8) is 0 Å². The minimum atomic E-state index is 0.285. The second kappa shape index (κ2) is 6.44. The molecule has 8 heteroatoms. The van der Waals surface area contributed by atoms with Gasteiger partial charge in [-0.15, -0.1) is 0 Å². The zero-order valence-corrected chi connectivity index (χ0v) is 13.6. The van der Waals surface area contributed by atoms with Gasteiger partial charge in [-0.25, -0.2) is 0 Å². The van der Waals surface area contributed by atoms with Crippen molar-refractivity contribution < 1.29 is 9.47 Å². The van der Waals surface area contributed by atoms with Crippen LogP contribution in [0.4, 0.5) is 22.7 Å². The Morgan fingerprint density at radius 1 is 0.680 bits per heavy atom. The van der Waals surface area contributed by atoms with Gasteiger partial charge in [0.25, 0.3) is 0 Å². The molecule has 25 heavy (non-hydrogen) atoms. The number of benzene rings is 2. The molecule has 0 atom stereocenters. The van der Waals surface area contributed by atoms with Crippen molar-refractivity contribution >= 4 is 22.7 Å². The van der Waals surface area contributed by atoms with Crippen LogP contribution in [0.2, 0.25) is 0 Å². The van der Waals surface area contributed by atoms with Gasteiger partial charge in [-0.05, 0) is 43.3 Å². The van der Waals surface area contributed by atoms with Crippen molar-refractivity contribution in [1.82, 2.24) is 9.97 Å². The summed E-state index contributed by atoms with van der Waals surface area (Å²) in [6.07, 6.45) is 0. The Labute approximate surface area is 144 Å². The van der Waals surface area contributed by atoms with Crippen molar-refractivity contribution in [2.45, 2.75) is 6.92 Å². The summed E-state index contributed by atoms with van der Waals surface area (Å²) in [7, 11) is 0. The smallest absolute Gasteiger partial charge is 0.226 e.